The van der Waals surface area contributed by atoms with Gasteiger partial charge < -0.3 is 14.5 Å². The first kappa shape index (κ1) is 25.7. The van der Waals surface area contributed by atoms with E-state index in [1.807, 2.05) is 9.80 Å². The maximum atomic E-state index is 14.0. The quantitative estimate of drug-likeness (QED) is 0.399. The van der Waals surface area contributed by atoms with Crippen molar-refractivity contribution < 1.29 is 27.6 Å². The molecule has 0 radical (unpaired) electrons. The predicted molar refractivity (Wildman–Crippen MR) is 128 cm³/mol. The molecule has 0 spiro atoms. The molecule has 36 heavy (non-hydrogen) atoms. The normalized spacial score (nSPS) is 17.3. The lowest BCUT2D eigenvalue weighted by molar-refractivity contribution is -0.385. The maximum absolute atomic E-state index is 14.0. The van der Waals surface area contributed by atoms with E-state index >= 15 is 0 Å². The molecule has 1 amide bonds. The van der Waals surface area contributed by atoms with Crippen LogP contribution >= 0.6 is 0 Å². The first-order chi connectivity index (χ1) is 17.3. The fourth-order valence-corrected chi connectivity index (χ4v) is 4.70. The van der Waals surface area contributed by atoms with Crippen LogP contribution < -0.4 is 9.64 Å². The van der Waals surface area contributed by atoms with Crippen LogP contribution in [0.4, 0.5) is 24.5 Å². The number of piperidine rings is 1. The van der Waals surface area contributed by atoms with Crippen molar-refractivity contribution in [1.82, 2.24) is 9.80 Å². The summed E-state index contributed by atoms with van der Waals surface area (Å²) in [7, 11) is 0. The molecule has 11 heteroatoms. The number of anilines is 1. The van der Waals surface area contributed by atoms with Crippen LogP contribution in [-0.2, 0) is 11.5 Å². The first-order valence-electron chi connectivity index (χ1n) is 12.0. The van der Waals surface area contributed by atoms with Crippen LogP contribution in [0.1, 0.15) is 24.8 Å². The maximum Gasteiger partial charge on any atom is 0.275 e. The molecule has 2 aliphatic heterocycles. The van der Waals surface area contributed by atoms with Crippen molar-refractivity contribution in [2.75, 3.05) is 50.7 Å². The lowest BCUT2D eigenvalue weighted by Crippen LogP contribution is -2.48. The number of nitrogens with zero attached hydrogens (tertiary/aromatic N) is 4. The number of piperazine rings is 1. The van der Waals surface area contributed by atoms with Crippen molar-refractivity contribution in [3.8, 4) is 5.75 Å². The molecule has 4 rings (SSSR count). The average molecular weight is 507 g/mol. The summed E-state index contributed by atoms with van der Waals surface area (Å²) in [5.41, 5.74) is 0.106. The van der Waals surface area contributed by atoms with E-state index < -0.39 is 23.2 Å². The van der Waals surface area contributed by atoms with Gasteiger partial charge in [-0.3, -0.25) is 19.8 Å². The summed E-state index contributed by atoms with van der Waals surface area (Å²) in [6.07, 6.45) is 1.48. The predicted octanol–water partition coefficient (Wildman–Crippen LogP) is 3.92. The summed E-state index contributed by atoms with van der Waals surface area (Å²) in [5.74, 6) is -0.711. The molecule has 0 atom stereocenters. The van der Waals surface area contributed by atoms with Crippen molar-refractivity contribution in [2.45, 2.75) is 32.0 Å². The molecular weight excluding hydrogens is 477 g/mol. The average Bonchev–Trinajstić information content (AvgIpc) is 2.88. The molecule has 2 heterocycles. The molecule has 2 saturated heterocycles. The molecule has 194 valence electrons. The van der Waals surface area contributed by atoms with Gasteiger partial charge in [0.25, 0.3) is 5.69 Å². The van der Waals surface area contributed by atoms with Gasteiger partial charge in [-0.1, -0.05) is 0 Å². The topological polar surface area (TPSA) is 79.2 Å². The molecular formula is C25H29F3N4O4. The van der Waals surface area contributed by atoms with Gasteiger partial charge in [-0.25, -0.2) is 13.2 Å². The number of alkyl halides is 1. The summed E-state index contributed by atoms with van der Waals surface area (Å²) < 4.78 is 46.2. The summed E-state index contributed by atoms with van der Waals surface area (Å²) in [6.45, 7) is 3.35. The van der Waals surface area contributed by atoms with Gasteiger partial charge in [0, 0.05) is 77.2 Å². The Morgan fingerprint density at radius 3 is 2.39 bits per heavy atom. The fraction of sp³-hybridized carbons (Fsp3) is 0.480. The van der Waals surface area contributed by atoms with Gasteiger partial charge >= 0.3 is 0 Å². The number of benzene rings is 2. The Kier molecular flexibility index (Phi) is 8.29. The number of nitro benzene ring substituents is 1. The van der Waals surface area contributed by atoms with Gasteiger partial charge in [0.2, 0.25) is 5.91 Å². The SMILES string of the molecule is O=C(CCN1CCN(c2ccc(F)cc2F)CC1)N1CCC(Oc2ccc([N+](=O)[O-])c(CF)c2)CC1. The highest BCUT2D eigenvalue weighted by Gasteiger charge is 2.26. The fourth-order valence-electron chi connectivity index (χ4n) is 4.70. The molecule has 0 aliphatic carbocycles. The number of ether oxygens (including phenoxy) is 1. The van der Waals surface area contributed by atoms with Crippen LogP contribution in [0.25, 0.3) is 0 Å². The Bertz CT molecular complexity index is 1090. The summed E-state index contributed by atoms with van der Waals surface area (Å²) in [4.78, 5) is 28.9. The number of amides is 1. The summed E-state index contributed by atoms with van der Waals surface area (Å²) in [5, 5.41) is 11.0. The second kappa shape index (κ2) is 11.6. The van der Waals surface area contributed by atoms with Crippen LogP contribution in [0, 0.1) is 21.7 Å². The van der Waals surface area contributed by atoms with E-state index in [-0.39, 0.29) is 23.3 Å². The number of likely N-dealkylation sites (tertiary alicyclic amines) is 1. The van der Waals surface area contributed by atoms with Crippen molar-refractivity contribution in [1.29, 1.82) is 0 Å². The van der Waals surface area contributed by atoms with Crippen LogP contribution in [0.2, 0.25) is 0 Å². The number of carbonyl (C=O) groups excluding carboxylic acids is 1. The second-order valence-corrected chi connectivity index (χ2v) is 9.05. The van der Waals surface area contributed by atoms with Crippen LogP contribution in [0.3, 0.4) is 0 Å². The van der Waals surface area contributed by atoms with Crippen LogP contribution in [-0.4, -0.2) is 72.5 Å². The van der Waals surface area contributed by atoms with Crippen LogP contribution in [0.5, 0.6) is 5.75 Å². The first-order valence-corrected chi connectivity index (χ1v) is 12.0. The Balaban J connectivity index is 1.18. The Hall–Kier alpha value is -3.34. The third kappa shape index (κ3) is 6.26. The van der Waals surface area contributed by atoms with Crippen LogP contribution in [0.15, 0.2) is 36.4 Å². The van der Waals surface area contributed by atoms with E-state index in [0.717, 1.165) is 6.07 Å². The Morgan fingerprint density at radius 2 is 1.75 bits per heavy atom. The minimum absolute atomic E-state index is 0.0197. The molecule has 8 nitrogen and oxygen atoms in total. The van der Waals surface area contributed by atoms with Gasteiger partial charge in [0.05, 0.1) is 16.2 Å². The number of hydrogen-bond donors (Lipinski definition) is 0. The monoisotopic (exact) mass is 506 g/mol. The summed E-state index contributed by atoms with van der Waals surface area (Å²) >= 11 is 0. The molecule has 2 aliphatic rings. The second-order valence-electron chi connectivity index (χ2n) is 9.05. The highest BCUT2D eigenvalue weighted by atomic mass is 19.1. The standard InChI is InChI=1S/C25H29F3N4O4/c26-17-18-15-21(2-4-23(18)32(34)35)36-20-5-9-31(10-6-20)25(33)7-8-29-11-13-30(14-12-29)24-3-1-19(27)16-22(24)28/h1-4,15-16,20H,5-14,17H2. The van der Waals surface area contributed by atoms with E-state index in [0.29, 0.717) is 76.5 Å². The molecule has 0 bridgehead atoms. The van der Waals surface area contributed by atoms with E-state index in [4.69, 9.17) is 4.74 Å². The molecule has 0 aromatic heterocycles. The lowest BCUT2D eigenvalue weighted by Gasteiger charge is -2.37. The Morgan fingerprint density at radius 1 is 1.03 bits per heavy atom. The minimum Gasteiger partial charge on any atom is -0.490 e. The highest BCUT2D eigenvalue weighted by Crippen LogP contribution is 2.27. The molecule has 2 fully saturated rings. The van der Waals surface area contributed by atoms with E-state index in [2.05, 4.69) is 4.90 Å². The van der Waals surface area contributed by atoms with Crippen molar-refractivity contribution in [3.63, 3.8) is 0 Å². The Labute approximate surface area is 207 Å². The van der Waals surface area contributed by atoms with E-state index in [1.165, 1.54) is 30.3 Å². The largest absolute Gasteiger partial charge is 0.490 e. The van der Waals surface area contributed by atoms with Gasteiger partial charge in [0.15, 0.2) is 0 Å². The van der Waals surface area contributed by atoms with Crippen molar-refractivity contribution >= 4 is 17.3 Å². The molecule has 2 aromatic carbocycles. The number of carbonyl (C=O) groups is 1. The third-order valence-electron chi connectivity index (χ3n) is 6.75. The van der Waals surface area contributed by atoms with Gasteiger partial charge in [-0.05, 0) is 24.3 Å². The molecule has 0 unspecified atom stereocenters. The zero-order valence-corrected chi connectivity index (χ0v) is 19.9. The van der Waals surface area contributed by atoms with Crippen molar-refractivity contribution in [2.24, 2.45) is 0 Å². The zero-order valence-electron chi connectivity index (χ0n) is 19.9. The smallest absolute Gasteiger partial charge is 0.275 e. The molecule has 2 aromatic rings. The lowest BCUT2D eigenvalue weighted by atomic mass is 10.1. The number of halogens is 3. The molecule has 0 saturated carbocycles. The van der Waals surface area contributed by atoms with Gasteiger partial charge in [-0.2, -0.15) is 0 Å². The number of hydrogen-bond acceptors (Lipinski definition) is 6. The number of nitro groups is 1. The number of rotatable bonds is 8. The minimum atomic E-state index is -0.946. The summed E-state index contributed by atoms with van der Waals surface area (Å²) in [6, 6.07) is 7.68. The van der Waals surface area contributed by atoms with E-state index in [1.54, 1.807) is 0 Å². The molecule has 0 N–H and O–H groups in total. The van der Waals surface area contributed by atoms with E-state index in [9.17, 15) is 28.1 Å². The van der Waals surface area contributed by atoms with Crippen molar-refractivity contribution in [3.05, 3.63) is 63.7 Å². The highest BCUT2D eigenvalue weighted by molar-refractivity contribution is 5.76. The third-order valence-corrected chi connectivity index (χ3v) is 6.75. The zero-order chi connectivity index (χ0) is 25.7. The van der Waals surface area contributed by atoms with Gasteiger partial charge in [0.1, 0.15) is 30.2 Å². The van der Waals surface area contributed by atoms with Gasteiger partial charge in [-0.15, -0.1) is 0 Å².